The van der Waals surface area contributed by atoms with Crippen molar-refractivity contribution in [3.63, 3.8) is 0 Å². The number of aryl methyl sites for hydroxylation is 1. The van der Waals surface area contributed by atoms with Crippen molar-refractivity contribution in [1.29, 1.82) is 0 Å². The summed E-state index contributed by atoms with van der Waals surface area (Å²) in [4.78, 5) is 0. The van der Waals surface area contributed by atoms with Crippen molar-refractivity contribution in [1.82, 2.24) is 0 Å². The van der Waals surface area contributed by atoms with Crippen molar-refractivity contribution >= 4 is 19.7 Å². The first kappa shape index (κ1) is 23.7. The number of benzene rings is 3. The van der Waals surface area contributed by atoms with Gasteiger partial charge in [-0.3, -0.25) is 0 Å². The molecule has 6 rings (SSSR count). The van der Waals surface area contributed by atoms with E-state index in [2.05, 4.69) is 106 Å². The van der Waals surface area contributed by atoms with Crippen molar-refractivity contribution in [2.75, 3.05) is 0 Å². The molecule has 3 aromatic carbocycles. The van der Waals surface area contributed by atoms with Crippen LogP contribution < -0.4 is 0 Å². The van der Waals surface area contributed by atoms with Gasteiger partial charge in [0, 0.05) is 5.54 Å². The Morgan fingerprint density at radius 3 is 2.56 bits per heavy atom. The van der Waals surface area contributed by atoms with Crippen LogP contribution in [0.4, 0.5) is 0 Å². The molecule has 0 amide bonds. The Labute approximate surface area is 217 Å². The van der Waals surface area contributed by atoms with E-state index < -0.39 is 13.3 Å². The lowest BCUT2D eigenvalue weighted by Crippen LogP contribution is -2.54. The molecule has 3 aromatic rings. The summed E-state index contributed by atoms with van der Waals surface area (Å²) >= 11 is 0. The van der Waals surface area contributed by atoms with Crippen molar-refractivity contribution in [2.45, 2.75) is 69.8 Å². The van der Waals surface area contributed by atoms with Crippen LogP contribution in [0.3, 0.4) is 0 Å². The maximum atomic E-state index is 12.7. The fraction of sp³-hybridized carbons (Fsp3) is 0.353. The second kappa shape index (κ2) is 8.71. The van der Waals surface area contributed by atoms with Crippen LogP contribution in [0.15, 0.2) is 72.8 Å². The molecule has 0 saturated heterocycles. The van der Waals surface area contributed by atoms with Gasteiger partial charge in [-0.25, -0.2) is 0 Å². The van der Waals surface area contributed by atoms with Crippen molar-refractivity contribution in [3.8, 4) is 11.1 Å². The van der Waals surface area contributed by atoms with Gasteiger partial charge in [-0.2, -0.15) is 0 Å². The zero-order valence-corrected chi connectivity index (χ0v) is 23.1. The summed E-state index contributed by atoms with van der Waals surface area (Å²) in [5, 5.41) is 11.8. The Kier molecular flexibility index (Phi) is 5.74. The molecule has 1 nitrogen and oxygen atoms in total. The van der Waals surface area contributed by atoms with Gasteiger partial charge >= 0.3 is 0 Å². The number of aliphatic hydroxyl groups is 1. The summed E-state index contributed by atoms with van der Waals surface area (Å²) in [7, 11) is -2.34. The van der Waals surface area contributed by atoms with Crippen LogP contribution in [0.5, 0.6) is 0 Å². The van der Waals surface area contributed by atoms with Crippen molar-refractivity contribution < 1.29 is 5.11 Å². The number of hydrogen-bond donors (Lipinski definition) is 1. The Balaban J connectivity index is 1.50. The fourth-order valence-corrected chi connectivity index (χ4v) is 10.8. The molecule has 3 unspecified atom stereocenters. The Morgan fingerprint density at radius 1 is 1.03 bits per heavy atom. The number of allylic oxidation sites excluding steroid dienone is 2. The third kappa shape index (κ3) is 3.38. The molecule has 36 heavy (non-hydrogen) atoms. The second-order valence-electron chi connectivity index (χ2n) is 11.8. The minimum Gasteiger partial charge on any atom is -0.385 e. The summed E-state index contributed by atoms with van der Waals surface area (Å²) in [5.74, 6) is 0.453. The predicted octanol–water partition coefficient (Wildman–Crippen LogP) is 8.46. The molecule has 0 saturated carbocycles. The third-order valence-electron chi connectivity index (χ3n) is 9.35. The largest absolute Gasteiger partial charge is 0.385 e. The molecular formula is C34H38OSi. The maximum absolute atomic E-state index is 12.7. The predicted molar refractivity (Wildman–Crippen MR) is 156 cm³/mol. The smallest absolute Gasteiger partial charge is 0.107 e. The van der Waals surface area contributed by atoms with Gasteiger partial charge in [-0.05, 0) is 87.8 Å². The van der Waals surface area contributed by atoms with Gasteiger partial charge in [0.05, 0.1) is 5.22 Å². The van der Waals surface area contributed by atoms with E-state index in [1.165, 1.54) is 58.2 Å². The highest BCUT2D eigenvalue weighted by molar-refractivity contribution is 6.82. The molecular weight excluding hydrogens is 452 g/mol. The summed E-state index contributed by atoms with van der Waals surface area (Å²) in [6.45, 7) is 9.40. The summed E-state index contributed by atoms with van der Waals surface area (Å²) in [5.41, 5.74) is 12.7. The minimum atomic E-state index is -2.34. The van der Waals surface area contributed by atoms with E-state index in [1.807, 2.05) is 0 Å². The quantitative estimate of drug-likeness (QED) is 0.344. The van der Waals surface area contributed by atoms with Gasteiger partial charge in [-0.1, -0.05) is 106 Å². The average Bonchev–Trinajstić information content (AvgIpc) is 3.60. The molecule has 1 N–H and O–H groups in total. The van der Waals surface area contributed by atoms with Gasteiger partial charge in [0.2, 0.25) is 0 Å². The first-order valence-electron chi connectivity index (χ1n) is 13.8. The Morgan fingerprint density at radius 2 is 1.78 bits per heavy atom. The van der Waals surface area contributed by atoms with E-state index in [9.17, 15) is 5.11 Å². The molecule has 3 aliphatic carbocycles. The Bertz CT molecular complexity index is 1380. The zero-order chi connectivity index (χ0) is 25.1. The summed E-state index contributed by atoms with van der Waals surface area (Å²) in [6, 6.07) is 22.1. The molecule has 0 heterocycles. The molecule has 0 spiro atoms. The van der Waals surface area contributed by atoms with E-state index in [-0.39, 0.29) is 5.54 Å². The van der Waals surface area contributed by atoms with Crippen LogP contribution in [0.1, 0.15) is 72.0 Å². The summed E-state index contributed by atoms with van der Waals surface area (Å²) < 4.78 is 0. The first-order chi connectivity index (χ1) is 17.4. The van der Waals surface area contributed by atoms with E-state index in [0.29, 0.717) is 5.92 Å². The van der Waals surface area contributed by atoms with Gasteiger partial charge < -0.3 is 5.11 Å². The molecule has 184 valence electrons. The summed E-state index contributed by atoms with van der Waals surface area (Å²) in [6.07, 6.45) is 13.0. The first-order valence-corrected chi connectivity index (χ1v) is 16.9. The molecule has 0 fully saturated rings. The number of rotatable bonds is 6. The topological polar surface area (TPSA) is 20.2 Å². The van der Waals surface area contributed by atoms with Gasteiger partial charge in [-0.15, -0.1) is 0 Å². The molecule has 0 aliphatic heterocycles. The van der Waals surface area contributed by atoms with Crippen molar-refractivity contribution in [2.24, 2.45) is 5.92 Å². The standard InChI is InChI=1S/C34H38OSi/c1-5-12-23(2)30-22-34(35,31-18-10-9-16-27(30)31)36(3,4)32-20-19-28-29(32)21-25-15-11-17-26(25)33(28)24-13-7-6-8-14-24/h6-10,13-14,16,18-23,32,35H,5,11-12,15,17H2,1-4H3. The van der Waals surface area contributed by atoms with E-state index >= 15 is 0 Å². The highest BCUT2D eigenvalue weighted by Gasteiger charge is 2.54. The molecule has 0 bridgehead atoms. The lowest BCUT2D eigenvalue weighted by Gasteiger charge is -2.42. The van der Waals surface area contributed by atoms with Crippen LogP contribution in [0.25, 0.3) is 22.8 Å². The van der Waals surface area contributed by atoms with E-state index in [1.54, 1.807) is 5.56 Å². The van der Waals surface area contributed by atoms with Crippen LogP contribution >= 0.6 is 0 Å². The van der Waals surface area contributed by atoms with Crippen LogP contribution in [0, 0.1) is 5.92 Å². The Hall–Kier alpha value is -2.68. The second-order valence-corrected chi connectivity index (χ2v) is 16.6. The van der Waals surface area contributed by atoms with Gasteiger partial charge in [0.15, 0.2) is 0 Å². The fourth-order valence-electron chi connectivity index (χ4n) is 7.30. The van der Waals surface area contributed by atoms with Crippen LogP contribution in [-0.2, 0) is 18.1 Å². The monoisotopic (exact) mass is 490 g/mol. The number of hydrogen-bond acceptors (Lipinski definition) is 1. The third-order valence-corrected chi connectivity index (χ3v) is 13.8. The number of fused-ring (bicyclic) bond motifs is 3. The van der Waals surface area contributed by atoms with Crippen molar-refractivity contribution in [3.05, 3.63) is 106 Å². The minimum absolute atomic E-state index is 0.274. The SMILES string of the molecule is CCCC(C)C1=CC(O)([Si](C)(C)C2C=Cc3c2cc2c(c3-c3ccccc3)CCC2)c2ccccc21. The zero-order valence-electron chi connectivity index (χ0n) is 22.1. The van der Waals surface area contributed by atoms with Crippen LogP contribution in [-0.4, -0.2) is 13.2 Å². The molecule has 2 heteroatoms. The van der Waals surface area contributed by atoms with Gasteiger partial charge in [0.25, 0.3) is 0 Å². The molecule has 0 radical (unpaired) electrons. The molecule has 3 aliphatic rings. The highest BCUT2D eigenvalue weighted by atomic mass is 28.3. The van der Waals surface area contributed by atoms with Gasteiger partial charge in [0.1, 0.15) is 8.07 Å². The molecule has 3 atom stereocenters. The molecule has 0 aromatic heterocycles. The normalized spacial score (nSPS) is 22.8. The lowest BCUT2D eigenvalue weighted by molar-refractivity contribution is 0.168. The van der Waals surface area contributed by atoms with E-state index in [0.717, 1.165) is 18.4 Å². The lowest BCUT2D eigenvalue weighted by atomic mass is 9.89. The van der Waals surface area contributed by atoms with Crippen LogP contribution in [0.2, 0.25) is 13.1 Å². The van der Waals surface area contributed by atoms with E-state index in [4.69, 9.17) is 0 Å². The average molecular weight is 491 g/mol. The highest BCUT2D eigenvalue weighted by Crippen LogP contribution is 2.54. The maximum Gasteiger partial charge on any atom is 0.107 e.